The monoisotopic (exact) mass is 180 g/mol. The van der Waals surface area contributed by atoms with Crippen LogP contribution < -0.4 is 0 Å². The lowest BCUT2D eigenvalue weighted by molar-refractivity contribution is 0.114. The second-order valence-electron chi connectivity index (χ2n) is 2.64. The summed E-state index contributed by atoms with van der Waals surface area (Å²) in [5.41, 5.74) is 0. The van der Waals surface area contributed by atoms with Gasteiger partial charge in [-0.15, -0.1) is 0 Å². The standard InChI is InChI=1S/C4H8O.C3H8O2S/c5-3-4-1-2-4;4-1-3(5)2-6/h4-5H,1-3H2;3-6H,1-2H2. The quantitative estimate of drug-likeness (QED) is 0.449. The van der Waals surface area contributed by atoms with Gasteiger partial charge in [0.1, 0.15) is 0 Å². The number of hydrogen-bond acceptors (Lipinski definition) is 4. The molecule has 68 valence electrons. The average molecular weight is 180 g/mol. The molecule has 1 unspecified atom stereocenters. The maximum atomic E-state index is 8.34. The van der Waals surface area contributed by atoms with Crippen LogP contribution >= 0.6 is 12.6 Å². The molecule has 0 aliphatic heterocycles. The average Bonchev–Trinajstić information content (AvgIpc) is 2.86. The lowest BCUT2D eigenvalue weighted by Gasteiger charge is -1.96. The third kappa shape index (κ3) is 8.13. The number of hydrogen-bond donors (Lipinski definition) is 4. The van der Waals surface area contributed by atoms with E-state index < -0.39 is 6.10 Å². The van der Waals surface area contributed by atoms with E-state index in [4.69, 9.17) is 15.3 Å². The molecular weight excluding hydrogens is 164 g/mol. The summed E-state index contributed by atoms with van der Waals surface area (Å²) in [4.78, 5) is 0. The first-order valence-electron chi connectivity index (χ1n) is 3.75. The summed E-state index contributed by atoms with van der Waals surface area (Å²) in [5.74, 6) is 1.02. The zero-order valence-electron chi connectivity index (χ0n) is 6.48. The summed E-state index contributed by atoms with van der Waals surface area (Å²) in [6, 6.07) is 0. The second kappa shape index (κ2) is 6.91. The van der Waals surface area contributed by atoms with E-state index in [0.717, 1.165) is 0 Å². The Labute approximate surface area is 72.5 Å². The summed E-state index contributed by atoms with van der Waals surface area (Å²) < 4.78 is 0. The molecule has 1 saturated carbocycles. The highest BCUT2D eigenvalue weighted by Crippen LogP contribution is 2.27. The molecule has 3 N–H and O–H groups in total. The van der Waals surface area contributed by atoms with Gasteiger partial charge in [-0.25, -0.2) is 0 Å². The minimum atomic E-state index is -0.645. The first kappa shape index (κ1) is 11.2. The smallest absolute Gasteiger partial charge is 0.0858 e. The van der Waals surface area contributed by atoms with E-state index in [2.05, 4.69) is 12.6 Å². The van der Waals surface area contributed by atoms with Gasteiger partial charge in [0, 0.05) is 12.4 Å². The number of aliphatic hydroxyl groups is 3. The predicted molar refractivity (Wildman–Crippen MR) is 46.8 cm³/mol. The van der Waals surface area contributed by atoms with Crippen LogP contribution in [-0.2, 0) is 0 Å². The van der Waals surface area contributed by atoms with Crippen molar-refractivity contribution in [3.63, 3.8) is 0 Å². The minimum absolute atomic E-state index is 0.191. The Kier molecular flexibility index (Phi) is 7.06. The molecule has 1 fully saturated rings. The van der Waals surface area contributed by atoms with Crippen LogP contribution in [0, 0.1) is 5.92 Å². The van der Waals surface area contributed by atoms with Crippen LogP contribution in [0.3, 0.4) is 0 Å². The van der Waals surface area contributed by atoms with Gasteiger partial charge in [0.2, 0.25) is 0 Å². The summed E-state index contributed by atoms with van der Waals surface area (Å²) >= 11 is 3.69. The number of rotatable bonds is 3. The van der Waals surface area contributed by atoms with Crippen molar-refractivity contribution in [2.24, 2.45) is 5.92 Å². The Morgan fingerprint density at radius 3 is 1.91 bits per heavy atom. The van der Waals surface area contributed by atoms with Crippen LogP contribution in [0.15, 0.2) is 0 Å². The predicted octanol–water partition coefficient (Wildman–Crippen LogP) is -0.342. The minimum Gasteiger partial charge on any atom is -0.396 e. The Morgan fingerprint density at radius 1 is 1.36 bits per heavy atom. The van der Waals surface area contributed by atoms with Gasteiger partial charge in [-0.2, -0.15) is 12.6 Å². The second-order valence-corrected chi connectivity index (χ2v) is 3.01. The molecule has 0 aromatic heterocycles. The highest BCUT2D eigenvalue weighted by Gasteiger charge is 2.18. The lowest BCUT2D eigenvalue weighted by atomic mass is 10.4. The molecule has 0 saturated heterocycles. The molecule has 1 atom stereocenters. The molecule has 0 radical (unpaired) electrons. The van der Waals surface area contributed by atoms with E-state index >= 15 is 0 Å². The third-order valence-corrected chi connectivity index (χ3v) is 1.80. The normalized spacial score (nSPS) is 18.5. The van der Waals surface area contributed by atoms with E-state index in [1.54, 1.807) is 0 Å². The summed E-state index contributed by atoms with van der Waals surface area (Å²) in [5, 5.41) is 24.6. The van der Waals surface area contributed by atoms with Gasteiger partial charge < -0.3 is 15.3 Å². The van der Waals surface area contributed by atoms with Crippen molar-refractivity contribution in [3.8, 4) is 0 Å². The first-order valence-corrected chi connectivity index (χ1v) is 4.38. The topological polar surface area (TPSA) is 60.7 Å². The molecule has 0 bridgehead atoms. The highest BCUT2D eigenvalue weighted by atomic mass is 32.1. The Morgan fingerprint density at radius 2 is 1.91 bits per heavy atom. The van der Waals surface area contributed by atoms with E-state index in [-0.39, 0.29) is 6.61 Å². The molecule has 0 aromatic carbocycles. The molecular formula is C7H16O3S. The SMILES string of the molecule is OCC(O)CS.OCC1CC1. The fourth-order valence-electron chi connectivity index (χ4n) is 0.358. The molecule has 1 aliphatic rings. The van der Waals surface area contributed by atoms with Crippen LogP contribution in [0.1, 0.15) is 12.8 Å². The molecule has 11 heavy (non-hydrogen) atoms. The molecule has 4 heteroatoms. The van der Waals surface area contributed by atoms with E-state index in [0.29, 0.717) is 18.3 Å². The number of aliphatic hydroxyl groups excluding tert-OH is 3. The van der Waals surface area contributed by atoms with Gasteiger partial charge in [-0.05, 0) is 18.8 Å². The van der Waals surface area contributed by atoms with Gasteiger partial charge in [-0.1, -0.05) is 0 Å². The van der Waals surface area contributed by atoms with Crippen molar-refractivity contribution in [1.82, 2.24) is 0 Å². The maximum absolute atomic E-state index is 8.34. The van der Waals surface area contributed by atoms with Crippen LogP contribution in [0.25, 0.3) is 0 Å². The van der Waals surface area contributed by atoms with Crippen molar-refractivity contribution in [2.45, 2.75) is 18.9 Å². The Balaban J connectivity index is 0.000000183. The van der Waals surface area contributed by atoms with Crippen molar-refractivity contribution < 1.29 is 15.3 Å². The largest absolute Gasteiger partial charge is 0.396 e. The molecule has 1 rings (SSSR count). The fourth-order valence-corrected chi connectivity index (χ4v) is 0.474. The molecule has 0 heterocycles. The van der Waals surface area contributed by atoms with E-state index in [1.807, 2.05) is 0 Å². The van der Waals surface area contributed by atoms with Gasteiger partial charge in [0.25, 0.3) is 0 Å². The summed E-state index contributed by atoms with van der Waals surface area (Å²) in [6.07, 6.45) is 1.88. The van der Waals surface area contributed by atoms with Gasteiger partial charge in [-0.3, -0.25) is 0 Å². The van der Waals surface area contributed by atoms with Gasteiger partial charge in [0.15, 0.2) is 0 Å². The van der Waals surface area contributed by atoms with E-state index in [1.165, 1.54) is 12.8 Å². The lowest BCUT2D eigenvalue weighted by Crippen LogP contribution is -2.12. The fraction of sp³-hybridized carbons (Fsp3) is 1.00. The van der Waals surface area contributed by atoms with Crippen LogP contribution in [0.5, 0.6) is 0 Å². The van der Waals surface area contributed by atoms with Crippen molar-refractivity contribution in [1.29, 1.82) is 0 Å². The van der Waals surface area contributed by atoms with Gasteiger partial charge in [0.05, 0.1) is 12.7 Å². The molecule has 0 aromatic rings. The third-order valence-electron chi connectivity index (χ3n) is 1.38. The number of thiol groups is 1. The van der Waals surface area contributed by atoms with Crippen LogP contribution in [0.2, 0.25) is 0 Å². The van der Waals surface area contributed by atoms with Crippen molar-refractivity contribution in [2.75, 3.05) is 19.0 Å². The molecule has 1 aliphatic carbocycles. The van der Waals surface area contributed by atoms with Crippen molar-refractivity contribution in [3.05, 3.63) is 0 Å². The Bertz CT molecular complexity index is 81.8. The molecule has 3 nitrogen and oxygen atoms in total. The maximum Gasteiger partial charge on any atom is 0.0858 e. The highest BCUT2D eigenvalue weighted by molar-refractivity contribution is 7.80. The van der Waals surface area contributed by atoms with Crippen LogP contribution in [-0.4, -0.2) is 40.4 Å². The van der Waals surface area contributed by atoms with Crippen LogP contribution in [0.4, 0.5) is 0 Å². The zero-order valence-corrected chi connectivity index (χ0v) is 7.37. The van der Waals surface area contributed by atoms with Gasteiger partial charge >= 0.3 is 0 Å². The summed E-state index contributed by atoms with van der Waals surface area (Å²) in [6.45, 7) is 0.226. The zero-order chi connectivity index (χ0) is 8.69. The molecule has 0 spiro atoms. The van der Waals surface area contributed by atoms with E-state index in [9.17, 15) is 0 Å². The summed E-state index contributed by atoms with van der Waals surface area (Å²) in [7, 11) is 0. The first-order chi connectivity index (χ1) is 5.24. The Hall–Kier alpha value is 0.230. The van der Waals surface area contributed by atoms with Crippen molar-refractivity contribution >= 4 is 12.6 Å². The molecule has 0 amide bonds.